The van der Waals surface area contributed by atoms with Gasteiger partial charge < -0.3 is 9.30 Å². The maximum absolute atomic E-state index is 11.3. The van der Waals surface area contributed by atoms with Crippen LogP contribution in [0, 0.1) is 6.92 Å². The zero-order valence-corrected chi connectivity index (χ0v) is 9.07. The predicted molar refractivity (Wildman–Crippen MR) is 54.7 cm³/mol. The largest absolute Gasteiger partial charge is 0.462 e. The summed E-state index contributed by atoms with van der Waals surface area (Å²) < 4.78 is 7.25. The molecule has 0 spiro atoms. The topological polar surface area (TPSA) is 44.1 Å². The molecule has 0 atom stereocenters. The SMILES string of the molecule is CCn1cc(C)c(=O)nc1OC(C)C. The Hall–Kier alpha value is -1.32. The van der Waals surface area contributed by atoms with Crippen molar-refractivity contribution in [1.29, 1.82) is 0 Å². The molecule has 0 bridgehead atoms. The minimum absolute atomic E-state index is 0.0300. The average Bonchev–Trinajstić information content (AvgIpc) is 2.10. The van der Waals surface area contributed by atoms with Crippen molar-refractivity contribution in [2.45, 2.75) is 40.3 Å². The van der Waals surface area contributed by atoms with Gasteiger partial charge in [0.2, 0.25) is 0 Å². The molecule has 4 heteroatoms. The van der Waals surface area contributed by atoms with Crippen LogP contribution in [0.15, 0.2) is 11.0 Å². The van der Waals surface area contributed by atoms with Crippen molar-refractivity contribution >= 4 is 0 Å². The standard InChI is InChI=1S/C10H16N2O2/c1-5-12-6-8(4)9(13)11-10(12)14-7(2)3/h6-7H,5H2,1-4H3. The molecule has 0 aromatic carbocycles. The molecule has 0 radical (unpaired) electrons. The Balaban J connectivity index is 3.13. The fourth-order valence-electron chi connectivity index (χ4n) is 1.11. The van der Waals surface area contributed by atoms with Crippen molar-refractivity contribution in [3.05, 3.63) is 22.1 Å². The van der Waals surface area contributed by atoms with E-state index >= 15 is 0 Å². The van der Waals surface area contributed by atoms with Crippen molar-refractivity contribution < 1.29 is 4.74 Å². The first-order chi connectivity index (χ1) is 6.54. The summed E-state index contributed by atoms with van der Waals surface area (Å²) in [6.07, 6.45) is 1.80. The van der Waals surface area contributed by atoms with Gasteiger partial charge in [-0.15, -0.1) is 0 Å². The van der Waals surface area contributed by atoms with Gasteiger partial charge in [0.25, 0.3) is 11.6 Å². The summed E-state index contributed by atoms with van der Waals surface area (Å²) >= 11 is 0. The molecular weight excluding hydrogens is 180 g/mol. The first-order valence-corrected chi connectivity index (χ1v) is 4.79. The number of ether oxygens (including phenoxy) is 1. The predicted octanol–water partition coefficient (Wildman–Crippen LogP) is 1.36. The Labute approximate surface area is 83.5 Å². The highest BCUT2D eigenvalue weighted by Gasteiger charge is 2.06. The maximum Gasteiger partial charge on any atom is 0.299 e. The molecule has 4 nitrogen and oxygen atoms in total. The normalized spacial score (nSPS) is 10.6. The van der Waals surface area contributed by atoms with Gasteiger partial charge in [-0.2, -0.15) is 4.98 Å². The quantitative estimate of drug-likeness (QED) is 0.733. The lowest BCUT2D eigenvalue weighted by Crippen LogP contribution is -2.20. The molecule has 1 rings (SSSR count). The summed E-state index contributed by atoms with van der Waals surface area (Å²) in [5.41, 5.74) is 0.424. The minimum atomic E-state index is -0.217. The van der Waals surface area contributed by atoms with E-state index in [1.807, 2.05) is 25.3 Å². The third kappa shape index (κ3) is 2.34. The molecule has 0 saturated heterocycles. The van der Waals surface area contributed by atoms with Crippen molar-refractivity contribution in [3.8, 4) is 6.01 Å². The molecule has 0 N–H and O–H groups in total. The molecule has 0 aliphatic rings. The van der Waals surface area contributed by atoms with E-state index < -0.39 is 0 Å². The lowest BCUT2D eigenvalue weighted by atomic mass is 10.4. The monoisotopic (exact) mass is 196 g/mol. The van der Waals surface area contributed by atoms with Gasteiger partial charge >= 0.3 is 0 Å². The van der Waals surface area contributed by atoms with E-state index in [9.17, 15) is 4.79 Å². The zero-order chi connectivity index (χ0) is 10.7. The van der Waals surface area contributed by atoms with E-state index in [0.29, 0.717) is 11.6 Å². The van der Waals surface area contributed by atoms with Crippen molar-refractivity contribution in [2.75, 3.05) is 0 Å². The molecule has 1 aromatic rings. The van der Waals surface area contributed by atoms with Gasteiger partial charge in [0, 0.05) is 18.3 Å². The highest BCUT2D eigenvalue weighted by Crippen LogP contribution is 2.07. The highest BCUT2D eigenvalue weighted by molar-refractivity contribution is 5.08. The van der Waals surface area contributed by atoms with Gasteiger partial charge in [-0.05, 0) is 27.7 Å². The Morgan fingerprint density at radius 1 is 1.57 bits per heavy atom. The Kier molecular flexibility index (Phi) is 3.28. The molecule has 0 aliphatic carbocycles. The fourth-order valence-corrected chi connectivity index (χ4v) is 1.11. The number of hydrogen-bond donors (Lipinski definition) is 0. The summed E-state index contributed by atoms with van der Waals surface area (Å²) in [6, 6.07) is 0.401. The molecule has 14 heavy (non-hydrogen) atoms. The van der Waals surface area contributed by atoms with E-state index in [-0.39, 0.29) is 11.7 Å². The summed E-state index contributed by atoms with van der Waals surface area (Å²) in [5.74, 6) is 0. The van der Waals surface area contributed by atoms with Crippen LogP contribution in [0.1, 0.15) is 26.3 Å². The van der Waals surface area contributed by atoms with Crippen LogP contribution in [-0.2, 0) is 6.54 Å². The van der Waals surface area contributed by atoms with Gasteiger partial charge in [0.15, 0.2) is 0 Å². The second-order valence-electron chi connectivity index (χ2n) is 3.46. The van der Waals surface area contributed by atoms with Crippen molar-refractivity contribution in [1.82, 2.24) is 9.55 Å². The van der Waals surface area contributed by atoms with E-state index in [4.69, 9.17) is 4.74 Å². The van der Waals surface area contributed by atoms with E-state index in [1.165, 1.54) is 0 Å². The van der Waals surface area contributed by atoms with Crippen LogP contribution in [0.3, 0.4) is 0 Å². The van der Waals surface area contributed by atoms with Crippen LogP contribution in [0.4, 0.5) is 0 Å². The number of aryl methyl sites for hydroxylation is 2. The summed E-state index contributed by atoms with van der Waals surface area (Å²) in [4.78, 5) is 15.2. The first kappa shape index (κ1) is 10.8. The second kappa shape index (κ2) is 4.26. The smallest absolute Gasteiger partial charge is 0.299 e. The Morgan fingerprint density at radius 3 is 2.71 bits per heavy atom. The van der Waals surface area contributed by atoms with Crippen LogP contribution < -0.4 is 10.3 Å². The van der Waals surface area contributed by atoms with Gasteiger partial charge in [0.05, 0.1) is 6.10 Å². The Bertz CT molecular complexity index is 369. The van der Waals surface area contributed by atoms with Gasteiger partial charge in [0.1, 0.15) is 0 Å². The number of hydrogen-bond acceptors (Lipinski definition) is 3. The Morgan fingerprint density at radius 2 is 2.21 bits per heavy atom. The minimum Gasteiger partial charge on any atom is -0.462 e. The molecule has 0 amide bonds. The van der Waals surface area contributed by atoms with Crippen LogP contribution in [0.2, 0.25) is 0 Å². The average molecular weight is 196 g/mol. The van der Waals surface area contributed by atoms with Crippen molar-refractivity contribution in [3.63, 3.8) is 0 Å². The summed E-state index contributed by atoms with van der Waals surface area (Å²) in [5, 5.41) is 0. The number of aromatic nitrogens is 2. The van der Waals surface area contributed by atoms with Crippen LogP contribution in [0.25, 0.3) is 0 Å². The van der Waals surface area contributed by atoms with Crippen LogP contribution in [-0.4, -0.2) is 15.7 Å². The molecule has 78 valence electrons. The molecule has 0 unspecified atom stereocenters. The number of nitrogens with zero attached hydrogens (tertiary/aromatic N) is 2. The van der Waals surface area contributed by atoms with Crippen LogP contribution in [0.5, 0.6) is 6.01 Å². The van der Waals surface area contributed by atoms with E-state index in [2.05, 4.69) is 4.98 Å². The summed E-state index contributed by atoms with van der Waals surface area (Å²) in [7, 11) is 0. The van der Waals surface area contributed by atoms with Crippen molar-refractivity contribution in [2.24, 2.45) is 0 Å². The highest BCUT2D eigenvalue weighted by atomic mass is 16.5. The zero-order valence-electron chi connectivity index (χ0n) is 9.07. The van der Waals surface area contributed by atoms with E-state index in [0.717, 1.165) is 6.54 Å². The van der Waals surface area contributed by atoms with Crippen LogP contribution >= 0.6 is 0 Å². The maximum atomic E-state index is 11.3. The lowest BCUT2D eigenvalue weighted by molar-refractivity contribution is 0.208. The van der Waals surface area contributed by atoms with E-state index in [1.54, 1.807) is 13.1 Å². The lowest BCUT2D eigenvalue weighted by Gasteiger charge is -2.13. The molecule has 1 heterocycles. The molecule has 0 saturated carbocycles. The molecule has 0 aliphatic heterocycles. The third-order valence-electron chi connectivity index (χ3n) is 1.81. The molecule has 0 fully saturated rings. The first-order valence-electron chi connectivity index (χ1n) is 4.79. The molecular formula is C10H16N2O2. The number of rotatable bonds is 3. The van der Waals surface area contributed by atoms with Gasteiger partial charge in [-0.1, -0.05) is 0 Å². The fraction of sp³-hybridized carbons (Fsp3) is 0.600. The molecule has 1 aromatic heterocycles. The van der Waals surface area contributed by atoms with Gasteiger partial charge in [-0.3, -0.25) is 4.79 Å². The second-order valence-corrected chi connectivity index (χ2v) is 3.46. The van der Waals surface area contributed by atoms with Gasteiger partial charge in [-0.25, -0.2) is 0 Å². The third-order valence-corrected chi connectivity index (χ3v) is 1.81. The summed E-state index contributed by atoms with van der Waals surface area (Å²) in [6.45, 7) is 8.30.